The number of nitrogens with one attached hydrogen (secondary N) is 1. The van der Waals surface area contributed by atoms with Gasteiger partial charge in [-0.3, -0.25) is 19.3 Å². The van der Waals surface area contributed by atoms with Crippen molar-refractivity contribution in [2.45, 2.75) is 26.2 Å². The van der Waals surface area contributed by atoms with Crippen LogP contribution < -0.4 is 5.32 Å². The van der Waals surface area contributed by atoms with E-state index < -0.39 is 0 Å². The van der Waals surface area contributed by atoms with Gasteiger partial charge < -0.3 is 5.32 Å². The molecule has 0 aromatic carbocycles. The van der Waals surface area contributed by atoms with E-state index in [9.17, 15) is 14.4 Å². The maximum absolute atomic E-state index is 11.6. The molecule has 0 radical (unpaired) electrons. The number of imide groups is 1. The van der Waals surface area contributed by atoms with Crippen molar-refractivity contribution in [1.29, 1.82) is 0 Å². The largest absolute Gasteiger partial charge is 0.300 e. The predicted octanol–water partition coefficient (Wildman–Crippen LogP) is 0.324. The summed E-state index contributed by atoms with van der Waals surface area (Å²) in [5, 5.41) is 11.3. The number of nitrogens with zero attached hydrogens (tertiary/aromatic N) is 3. The minimum absolute atomic E-state index is 0.0795. The highest BCUT2D eigenvalue weighted by Gasteiger charge is 2.28. The number of carbonyl (C=O) groups is 3. The topological polar surface area (TPSA) is 92.3 Å². The van der Waals surface area contributed by atoms with Gasteiger partial charge in [-0.1, -0.05) is 11.3 Å². The zero-order chi connectivity index (χ0) is 13.1. The number of anilines is 1. The van der Waals surface area contributed by atoms with Gasteiger partial charge in [-0.15, -0.1) is 10.2 Å². The van der Waals surface area contributed by atoms with Gasteiger partial charge in [0.2, 0.25) is 22.9 Å². The Kier molecular flexibility index (Phi) is 3.66. The molecule has 2 heterocycles. The summed E-state index contributed by atoms with van der Waals surface area (Å²) in [7, 11) is 0. The predicted molar refractivity (Wildman–Crippen MR) is 63.8 cm³/mol. The molecule has 96 valence electrons. The van der Waals surface area contributed by atoms with E-state index in [1.165, 1.54) is 11.3 Å². The van der Waals surface area contributed by atoms with Crippen LogP contribution in [0.4, 0.5) is 5.13 Å². The molecule has 18 heavy (non-hydrogen) atoms. The zero-order valence-electron chi connectivity index (χ0n) is 9.80. The summed E-state index contributed by atoms with van der Waals surface area (Å²) in [6.07, 6.45) is 0.572. The lowest BCUT2D eigenvalue weighted by Crippen LogP contribution is -2.32. The summed E-state index contributed by atoms with van der Waals surface area (Å²) in [5.41, 5.74) is 0. The van der Waals surface area contributed by atoms with Gasteiger partial charge in [0.25, 0.3) is 0 Å². The van der Waals surface area contributed by atoms with Gasteiger partial charge in [0.1, 0.15) is 5.01 Å². The minimum atomic E-state index is -0.279. The van der Waals surface area contributed by atoms with Crippen molar-refractivity contribution in [2.75, 3.05) is 11.9 Å². The molecule has 3 amide bonds. The summed E-state index contributed by atoms with van der Waals surface area (Å²) in [4.78, 5) is 35.3. The summed E-state index contributed by atoms with van der Waals surface area (Å²) in [5.74, 6) is -0.697. The van der Waals surface area contributed by atoms with Crippen molar-refractivity contribution in [2.24, 2.45) is 0 Å². The molecule has 7 nitrogen and oxygen atoms in total. The molecule has 0 spiro atoms. The molecule has 0 unspecified atom stereocenters. The minimum Gasteiger partial charge on any atom is -0.300 e. The SMILES string of the molecule is Cc1nnc(NC(=O)CCN2C(=O)CCC2=O)s1. The van der Waals surface area contributed by atoms with Gasteiger partial charge in [-0.05, 0) is 6.92 Å². The lowest BCUT2D eigenvalue weighted by molar-refractivity contribution is -0.138. The molecule has 0 atom stereocenters. The third-order valence-corrected chi connectivity index (χ3v) is 3.24. The third-order valence-electron chi connectivity index (χ3n) is 2.49. The fraction of sp³-hybridized carbons (Fsp3) is 0.500. The first-order valence-corrected chi connectivity index (χ1v) is 6.31. The first-order chi connectivity index (χ1) is 8.56. The number of aryl methyl sites for hydroxylation is 1. The fourth-order valence-corrected chi connectivity index (χ4v) is 2.22. The molecule has 1 aliphatic heterocycles. The number of carbonyl (C=O) groups excluding carboxylic acids is 3. The molecule has 1 fully saturated rings. The van der Waals surface area contributed by atoms with Crippen molar-refractivity contribution in [3.8, 4) is 0 Å². The fourth-order valence-electron chi connectivity index (χ4n) is 1.61. The van der Waals surface area contributed by atoms with Crippen LogP contribution in [0.15, 0.2) is 0 Å². The number of rotatable bonds is 4. The van der Waals surface area contributed by atoms with E-state index in [0.717, 1.165) is 9.91 Å². The lowest BCUT2D eigenvalue weighted by atomic mass is 10.3. The van der Waals surface area contributed by atoms with Crippen LogP contribution in [0.1, 0.15) is 24.3 Å². The van der Waals surface area contributed by atoms with Gasteiger partial charge in [-0.25, -0.2) is 0 Å². The summed E-state index contributed by atoms with van der Waals surface area (Å²) in [6, 6.07) is 0. The van der Waals surface area contributed by atoms with Crippen molar-refractivity contribution in [1.82, 2.24) is 15.1 Å². The van der Waals surface area contributed by atoms with Gasteiger partial charge in [0.15, 0.2) is 0 Å². The number of hydrogen-bond acceptors (Lipinski definition) is 6. The van der Waals surface area contributed by atoms with Crippen LogP contribution in [-0.4, -0.2) is 39.4 Å². The molecule has 0 aliphatic carbocycles. The van der Waals surface area contributed by atoms with Crippen LogP contribution in [0.2, 0.25) is 0 Å². The maximum atomic E-state index is 11.6. The Morgan fingerprint density at radius 3 is 2.56 bits per heavy atom. The zero-order valence-corrected chi connectivity index (χ0v) is 10.6. The molecule has 1 aromatic rings. The van der Waals surface area contributed by atoms with E-state index in [-0.39, 0.29) is 43.5 Å². The summed E-state index contributed by atoms with van der Waals surface area (Å²) < 4.78 is 0. The third kappa shape index (κ3) is 2.89. The van der Waals surface area contributed by atoms with Gasteiger partial charge >= 0.3 is 0 Å². The highest BCUT2D eigenvalue weighted by molar-refractivity contribution is 7.15. The van der Waals surface area contributed by atoms with Crippen LogP contribution in [-0.2, 0) is 14.4 Å². The summed E-state index contributed by atoms with van der Waals surface area (Å²) in [6.45, 7) is 1.91. The molecule has 1 N–H and O–H groups in total. The first kappa shape index (κ1) is 12.6. The van der Waals surface area contributed by atoms with Crippen molar-refractivity contribution < 1.29 is 14.4 Å². The quantitative estimate of drug-likeness (QED) is 0.794. The highest BCUT2D eigenvalue weighted by Crippen LogP contribution is 2.15. The van der Waals surface area contributed by atoms with E-state index in [1.807, 2.05) is 0 Å². The Balaban J connectivity index is 1.81. The molecule has 1 aromatic heterocycles. The Morgan fingerprint density at radius 1 is 1.33 bits per heavy atom. The van der Waals surface area contributed by atoms with Gasteiger partial charge in [0, 0.05) is 25.8 Å². The van der Waals surface area contributed by atoms with Crippen molar-refractivity contribution in [3.63, 3.8) is 0 Å². The van der Waals surface area contributed by atoms with Crippen LogP contribution >= 0.6 is 11.3 Å². The highest BCUT2D eigenvalue weighted by atomic mass is 32.1. The van der Waals surface area contributed by atoms with Crippen LogP contribution in [0.3, 0.4) is 0 Å². The number of hydrogen-bond donors (Lipinski definition) is 1. The average molecular weight is 268 g/mol. The number of likely N-dealkylation sites (tertiary alicyclic amines) is 1. The number of aromatic nitrogens is 2. The Hall–Kier alpha value is -1.83. The first-order valence-electron chi connectivity index (χ1n) is 5.49. The second kappa shape index (κ2) is 5.21. The molecule has 2 rings (SSSR count). The molecular weight excluding hydrogens is 256 g/mol. The van der Waals surface area contributed by atoms with E-state index in [0.29, 0.717) is 5.13 Å². The molecule has 0 saturated carbocycles. The lowest BCUT2D eigenvalue weighted by Gasteiger charge is -2.12. The standard InChI is InChI=1S/C10H12N4O3S/c1-6-12-13-10(18-6)11-7(15)4-5-14-8(16)2-3-9(14)17/h2-5H2,1H3,(H,11,13,15). The van der Waals surface area contributed by atoms with Crippen molar-refractivity contribution >= 4 is 34.2 Å². The number of amides is 3. The molecular formula is C10H12N4O3S. The normalized spacial score (nSPS) is 15.3. The Morgan fingerprint density at radius 2 is 2.00 bits per heavy atom. The average Bonchev–Trinajstić information content (AvgIpc) is 2.84. The molecule has 1 saturated heterocycles. The van der Waals surface area contributed by atoms with Crippen LogP contribution in [0, 0.1) is 6.92 Å². The van der Waals surface area contributed by atoms with Gasteiger partial charge in [0.05, 0.1) is 0 Å². The molecule has 0 bridgehead atoms. The second-order valence-corrected chi connectivity index (χ2v) is 5.05. The van der Waals surface area contributed by atoms with Crippen molar-refractivity contribution in [3.05, 3.63) is 5.01 Å². The van der Waals surface area contributed by atoms with Crippen LogP contribution in [0.25, 0.3) is 0 Å². The maximum Gasteiger partial charge on any atom is 0.229 e. The van der Waals surface area contributed by atoms with E-state index in [4.69, 9.17) is 0 Å². The second-order valence-electron chi connectivity index (χ2n) is 3.86. The van der Waals surface area contributed by atoms with Crippen LogP contribution in [0.5, 0.6) is 0 Å². The van der Waals surface area contributed by atoms with Gasteiger partial charge in [-0.2, -0.15) is 0 Å². The molecule has 1 aliphatic rings. The molecule has 8 heteroatoms. The Labute approximate surface area is 107 Å². The monoisotopic (exact) mass is 268 g/mol. The smallest absolute Gasteiger partial charge is 0.229 e. The van der Waals surface area contributed by atoms with E-state index in [2.05, 4.69) is 15.5 Å². The Bertz CT molecular complexity index is 483. The van der Waals surface area contributed by atoms with E-state index >= 15 is 0 Å². The van der Waals surface area contributed by atoms with E-state index in [1.54, 1.807) is 6.92 Å². The summed E-state index contributed by atoms with van der Waals surface area (Å²) >= 11 is 1.27.